The van der Waals surface area contributed by atoms with Gasteiger partial charge in [-0.2, -0.15) is 0 Å². The average Bonchev–Trinajstić information content (AvgIpc) is 2.39. The third-order valence-corrected chi connectivity index (χ3v) is 3.70. The standard InChI is InChI=1S/C15H26N4/c1-12(2)13-5-6-17-14(18-13)15(3,4)11-19-9-7-16-8-10-19/h5-6,12,16H,7-11H2,1-4H3. The van der Waals surface area contributed by atoms with Gasteiger partial charge in [-0.15, -0.1) is 0 Å². The van der Waals surface area contributed by atoms with Crippen molar-refractivity contribution in [1.29, 1.82) is 0 Å². The van der Waals surface area contributed by atoms with Crippen LogP contribution in [0.15, 0.2) is 12.3 Å². The van der Waals surface area contributed by atoms with Gasteiger partial charge in [0, 0.05) is 50.0 Å². The van der Waals surface area contributed by atoms with Crippen molar-refractivity contribution in [1.82, 2.24) is 20.2 Å². The molecule has 0 saturated carbocycles. The largest absolute Gasteiger partial charge is 0.314 e. The van der Waals surface area contributed by atoms with Crippen LogP contribution in [0.4, 0.5) is 0 Å². The Hall–Kier alpha value is -1.00. The topological polar surface area (TPSA) is 41.1 Å². The summed E-state index contributed by atoms with van der Waals surface area (Å²) < 4.78 is 0. The van der Waals surface area contributed by atoms with E-state index in [4.69, 9.17) is 4.98 Å². The third-order valence-electron chi connectivity index (χ3n) is 3.70. The summed E-state index contributed by atoms with van der Waals surface area (Å²) in [6, 6.07) is 2.02. The van der Waals surface area contributed by atoms with Crippen LogP contribution in [-0.4, -0.2) is 47.6 Å². The molecule has 1 aromatic heterocycles. The first-order chi connectivity index (χ1) is 8.99. The van der Waals surface area contributed by atoms with E-state index < -0.39 is 0 Å². The lowest BCUT2D eigenvalue weighted by Crippen LogP contribution is -2.48. The first-order valence-electron chi connectivity index (χ1n) is 7.25. The molecule has 1 N–H and O–H groups in total. The first kappa shape index (κ1) is 14.4. The Morgan fingerprint density at radius 2 is 2.00 bits per heavy atom. The fraction of sp³-hybridized carbons (Fsp3) is 0.733. The van der Waals surface area contributed by atoms with E-state index in [9.17, 15) is 0 Å². The summed E-state index contributed by atoms with van der Waals surface area (Å²) in [6.45, 7) is 14.3. The van der Waals surface area contributed by atoms with Gasteiger partial charge < -0.3 is 5.32 Å². The van der Waals surface area contributed by atoms with E-state index in [1.54, 1.807) is 0 Å². The zero-order valence-corrected chi connectivity index (χ0v) is 12.6. The van der Waals surface area contributed by atoms with Crippen molar-refractivity contribution in [2.75, 3.05) is 32.7 Å². The molecule has 0 aromatic carbocycles. The highest BCUT2D eigenvalue weighted by molar-refractivity contribution is 5.12. The number of aromatic nitrogens is 2. The van der Waals surface area contributed by atoms with Crippen LogP contribution in [0, 0.1) is 0 Å². The number of hydrogen-bond donors (Lipinski definition) is 1. The summed E-state index contributed by atoms with van der Waals surface area (Å²) in [4.78, 5) is 11.8. The monoisotopic (exact) mass is 262 g/mol. The smallest absolute Gasteiger partial charge is 0.135 e. The van der Waals surface area contributed by atoms with E-state index in [1.165, 1.54) is 0 Å². The summed E-state index contributed by atoms with van der Waals surface area (Å²) in [5.41, 5.74) is 1.14. The fourth-order valence-corrected chi connectivity index (χ4v) is 2.52. The van der Waals surface area contributed by atoms with Gasteiger partial charge in [0.25, 0.3) is 0 Å². The quantitative estimate of drug-likeness (QED) is 0.898. The van der Waals surface area contributed by atoms with Crippen LogP contribution in [-0.2, 0) is 5.41 Å². The molecule has 0 unspecified atom stereocenters. The van der Waals surface area contributed by atoms with E-state index in [-0.39, 0.29) is 5.41 Å². The SMILES string of the molecule is CC(C)c1ccnc(C(C)(C)CN2CCNCC2)n1. The van der Waals surface area contributed by atoms with Crippen molar-refractivity contribution in [2.24, 2.45) is 0 Å². The minimum atomic E-state index is 0.00222. The predicted molar refractivity (Wildman–Crippen MR) is 78.5 cm³/mol. The second-order valence-electron chi connectivity index (χ2n) is 6.37. The lowest BCUT2D eigenvalue weighted by molar-refractivity contribution is 0.195. The molecule has 0 atom stereocenters. The van der Waals surface area contributed by atoms with Gasteiger partial charge >= 0.3 is 0 Å². The molecular formula is C15H26N4. The molecule has 0 spiro atoms. The van der Waals surface area contributed by atoms with Gasteiger partial charge in [-0.1, -0.05) is 27.7 Å². The molecule has 1 aromatic rings. The Morgan fingerprint density at radius 1 is 1.32 bits per heavy atom. The minimum absolute atomic E-state index is 0.00222. The fourth-order valence-electron chi connectivity index (χ4n) is 2.52. The van der Waals surface area contributed by atoms with E-state index in [1.807, 2.05) is 12.3 Å². The Bertz CT molecular complexity index is 408. The maximum Gasteiger partial charge on any atom is 0.135 e. The van der Waals surface area contributed by atoms with Crippen molar-refractivity contribution in [3.05, 3.63) is 23.8 Å². The minimum Gasteiger partial charge on any atom is -0.314 e. The zero-order valence-electron chi connectivity index (χ0n) is 12.6. The molecule has 1 aliphatic rings. The van der Waals surface area contributed by atoms with Crippen molar-refractivity contribution < 1.29 is 0 Å². The maximum atomic E-state index is 4.76. The number of rotatable bonds is 4. The van der Waals surface area contributed by atoms with Crippen LogP contribution in [0.5, 0.6) is 0 Å². The molecule has 1 fully saturated rings. The van der Waals surface area contributed by atoms with Gasteiger partial charge in [0.1, 0.15) is 5.82 Å². The second kappa shape index (κ2) is 5.97. The summed E-state index contributed by atoms with van der Waals surface area (Å²) in [7, 11) is 0. The van der Waals surface area contributed by atoms with E-state index in [0.717, 1.165) is 44.2 Å². The molecule has 0 aliphatic carbocycles. The van der Waals surface area contributed by atoms with Crippen LogP contribution in [0.2, 0.25) is 0 Å². The molecule has 106 valence electrons. The second-order valence-corrected chi connectivity index (χ2v) is 6.37. The lowest BCUT2D eigenvalue weighted by Gasteiger charge is -2.34. The van der Waals surface area contributed by atoms with Crippen LogP contribution < -0.4 is 5.32 Å². The Balaban J connectivity index is 2.11. The van der Waals surface area contributed by atoms with Crippen molar-refractivity contribution in [2.45, 2.75) is 39.0 Å². The van der Waals surface area contributed by atoms with Gasteiger partial charge in [0.05, 0.1) is 0 Å². The normalized spacial score (nSPS) is 17.9. The summed E-state index contributed by atoms with van der Waals surface area (Å²) in [5, 5.41) is 3.39. The summed E-state index contributed by atoms with van der Waals surface area (Å²) in [5.74, 6) is 1.42. The highest BCUT2D eigenvalue weighted by atomic mass is 15.2. The highest BCUT2D eigenvalue weighted by Crippen LogP contribution is 2.22. The maximum absolute atomic E-state index is 4.76. The molecule has 19 heavy (non-hydrogen) atoms. The molecule has 0 bridgehead atoms. The van der Waals surface area contributed by atoms with Crippen LogP contribution in [0.1, 0.15) is 45.1 Å². The summed E-state index contributed by atoms with van der Waals surface area (Å²) >= 11 is 0. The van der Waals surface area contributed by atoms with Gasteiger partial charge in [0.2, 0.25) is 0 Å². The zero-order chi connectivity index (χ0) is 13.9. The van der Waals surface area contributed by atoms with Crippen LogP contribution >= 0.6 is 0 Å². The third kappa shape index (κ3) is 3.74. The molecular weight excluding hydrogens is 236 g/mol. The van der Waals surface area contributed by atoms with Crippen molar-refractivity contribution >= 4 is 0 Å². The Labute approximate surface area is 116 Å². The van der Waals surface area contributed by atoms with E-state index in [2.05, 4.69) is 42.9 Å². The number of hydrogen-bond acceptors (Lipinski definition) is 4. The molecule has 4 heteroatoms. The Morgan fingerprint density at radius 3 is 2.63 bits per heavy atom. The Kier molecular flexibility index (Phi) is 4.53. The average molecular weight is 262 g/mol. The van der Waals surface area contributed by atoms with Crippen molar-refractivity contribution in [3.8, 4) is 0 Å². The van der Waals surface area contributed by atoms with Gasteiger partial charge in [0.15, 0.2) is 0 Å². The number of piperazine rings is 1. The van der Waals surface area contributed by atoms with Gasteiger partial charge in [-0.25, -0.2) is 9.97 Å². The highest BCUT2D eigenvalue weighted by Gasteiger charge is 2.27. The molecule has 4 nitrogen and oxygen atoms in total. The molecule has 2 rings (SSSR count). The van der Waals surface area contributed by atoms with Gasteiger partial charge in [-0.3, -0.25) is 4.90 Å². The van der Waals surface area contributed by atoms with E-state index in [0.29, 0.717) is 5.92 Å². The molecule has 0 radical (unpaired) electrons. The van der Waals surface area contributed by atoms with Crippen LogP contribution in [0.25, 0.3) is 0 Å². The number of nitrogens with zero attached hydrogens (tertiary/aromatic N) is 3. The predicted octanol–water partition coefficient (Wildman–Crippen LogP) is 1.78. The molecule has 0 amide bonds. The van der Waals surface area contributed by atoms with E-state index >= 15 is 0 Å². The molecule has 1 aliphatic heterocycles. The van der Waals surface area contributed by atoms with Gasteiger partial charge in [-0.05, 0) is 12.0 Å². The number of nitrogens with one attached hydrogen (secondary N) is 1. The molecule has 2 heterocycles. The molecule has 1 saturated heterocycles. The summed E-state index contributed by atoms with van der Waals surface area (Å²) in [6.07, 6.45) is 1.90. The first-order valence-corrected chi connectivity index (χ1v) is 7.25. The van der Waals surface area contributed by atoms with Crippen LogP contribution in [0.3, 0.4) is 0 Å². The lowest BCUT2D eigenvalue weighted by atomic mass is 9.91. The van der Waals surface area contributed by atoms with Crippen molar-refractivity contribution in [3.63, 3.8) is 0 Å².